The van der Waals surface area contributed by atoms with Crippen molar-refractivity contribution < 1.29 is 0 Å². The molecule has 1 N–H and O–H groups in total. The third-order valence-corrected chi connectivity index (χ3v) is 7.54. The van der Waals surface area contributed by atoms with Crippen LogP contribution in [-0.2, 0) is 0 Å². The number of piperazine rings is 1. The number of nitrogens with one attached hydrogen (secondary N) is 1. The summed E-state index contributed by atoms with van der Waals surface area (Å²) in [5.74, 6) is 2.36. The van der Waals surface area contributed by atoms with Crippen molar-refractivity contribution in [1.29, 1.82) is 0 Å². The summed E-state index contributed by atoms with van der Waals surface area (Å²) in [4.78, 5) is 12.0. The minimum atomic E-state index is 0.496. The number of nitrogens with zero attached hydrogens (tertiary/aromatic N) is 4. The molecule has 1 spiro atoms. The van der Waals surface area contributed by atoms with Crippen molar-refractivity contribution in [2.45, 2.75) is 42.9 Å². The number of hydrogen-bond acceptors (Lipinski definition) is 4. The van der Waals surface area contributed by atoms with Crippen molar-refractivity contribution in [3.8, 4) is 0 Å². The van der Waals surface area contributed by atoms with Crippen LogP contribution in [0.25, 0.3) is 0 Å². The number of likely N-dealkylation sites (N-methyl/N-ethyl adjacent to an activating group) is 2. The third-order valence-electron chi connectivity index (χ3n) is 6.00. The Bertz CT molecular complexity index is 430. The highest BCUT2D eigenvalue weighted by molar-refractivity contribution is 8.00. The largest absolute Gasteiger partial charge is 0.355 e. The highest BCUT2D eigenvalue weighted by Gasteiger charge is 2.38. The first kappa shape index (κ1) is 18.3. The van der Waals surface area contributed by atoms with E-state index in [4.69, 9.17) is 0 Å². The fourth-order valence-electron chi connectivity index (χ4n) is 4.39. The smallest absolute Gasteiger partial charge is 0.193 e. The molecule has 3 rings (SSSR count). The molecule has 0 radical (unpaired) electrons. The van der Waals surface area contributed by atoms with E-state index in [0.717, 1.165) is 32.1 Å². The normalized spacial score (nSPS) is 29.9. The van der Waals surface area contributed by atoms with Crippen LogP contribution in [0.4, 0.5) is 0 Å². The third kappa shape index (κ3) is 4.38. The van der Waals surface area contributed by atoms with E-state index in [2.05, 4.69) is 50.9 Å². The standard InChI is InChI=1S/C18H35N5S/c1-19-17(20-13-16-14-21(2)9-10-22(16)3)23-11-12-24-18(15-23)7-5-4-6-8-18/h16H,4-15H2,1-3H3,(H,19,20). The lowest BCUT2D eigenvalue weighted by Gasteiger charge is -2.46. The highest BCUT2D eigenvalue weighted by atomic mass is 32.2. The lowest BCUT2D eigenvalue weighted by molar-refractivity contribution is 0.116. The number of thioether (sulfide) groups is 1. The summed E-state index contributed by atoms with van der Waals surface area (Å²) >= 11 is 2.23. The molecule has 3 fully saturated rings. The molecule has 0 amide bonds. The minimum Gasteiger partial charge on any atom is -0.355 e. The molecule has 24 heavy (non-hydrogen) atoms. The Morgan fingerprint density at radius 3 is 2.71 bits per heavy atom. The minimum absolute atomic E-state index is 0.496. The topological polar surface area (TPSA) is 34.1 Å². The van der Waals surface area contributed by atoms with Crippen molar-refractivity contribution in [2.24, 2.45) is 4.99 Å². The molecule has 2 aliphatic heterocycles. The van der Waals surface area contributed by atoms with Gasteiger partial charge in [-0.3, -0.25) is 9.89 Å². The average Bonchev–Trinajstić information content (AvgIpc) is 2.59. The number of guanidine groups is 1. The molecule has 0 bridgehead atoms. The van der Waals surface area contributed by atoms with E-state index in [-0.39, 0.29) is 0 Å². The van der Waals surface area contributed by atoms with Crippen molar-refractivity contribution in [3.63, 3.8) is 0 Å². The monoisotopic (exact) mass is 353 g/mol. The lowest BCUT2D eigenvalue weighted by Crippen LogP contribution is -2.58. The SMILES string of the molecule is CN=C(NCC1CN(C)CCN1C)N1CCSC2(CCCCC2)C1. The van der Waals surface area contributed by atoms with E-state index < -0.39 is 0 Å². The fraction of sp³-hybridized carbons (Fsp3) is 0.944. The molecule has 0 aromatic heterocycles. The summed E-state index contributed by atoms with van der Waals surface area (Å²) in [7, 11) is 6.41. The fourth-order valence-corrected chi connectivity index (χ4v) is 5.96. The number of aliphatic imine (C=N–C) groups is 1. The second-order valence-corrected chi connectivity index (χ2v) is 9.40. The second kappa shape index (κ2) is 8.28. The van der Waals surface area contributed by atoms with Crippen LogP contribution in [-0.4, -0.2) is 97.6 Å². The molecule has 1 unspecified atom stereocenters. The first-order chi connectivity index (χ1) is 11.6. The second-order valence-electron chi connectivity index (χ2n) is 7.84. The Balaban J connectivity index is 1.55. The van der Waals surface area contributed by atoms with Crippen molar-refractivity contribution in [2.75, 3.05) is 66.2 Å². The lowest BCUT2D eigenvalue weighted by atomic mass is 9.87. The molecule has 2 saturated heterocycles. The maximum Gasteiger partial charge on any atom is 0.193 e. The van der Waals surface area contributed by atoms with E-state index in [1.54, 1.807) is 0 Å². The number of hydrogen-bond donors (Lipinski definition) is 1. The maximum atomic E-state index is 4.61. The quantitative estimate of drug-likeness (QED) is 0.602. The van der Waals surface area contributed by atoms with Gasteiger partial charge in [0, 0.05) is 62.9 Å². The van der Waals surface area contributed by atoms with Gasteiger partial charge in [-0.25, -0.2) is 0 Å². The molecule has 1 aliphatic carbocycles. The van der Waals surface area contributed by atoms with Gasteiger partial charge in [0.2, 0.25) is 0 Å². The Labute approximate surface area is 152 Å². The van der Waals surface area contributed by atoms with Gasteiger partial charge in [0.1, 0.15) is 0 Å². The molecule has 3 aliphatic rings. The van der Waals surface area contributed by atoms with Crippen LogP contribution < -0.4 is 5.32 Å². The zero-order valence-corrected chi connectivity index (χ0v) is 16.6. The summed E-state index contributed by atoms with van der Waals surface area (Å²) in [6.45, 7) is 6.77. The summed E-state index contributed by atoms with van der Waals surface area (Å²) in [5, 5.41) is 3.68. The summed E-state index contributed by atoms with van der Waals surface area (Å²) in [6.07, 6.45) is 7.03. The molecule has 1 saturated carbocycles. The van der Waals surface area contributed by atoms with Gasteiger partial charge >= 0.3 is 0 Å². The Hall–Kier alpha value is -0.460. The average molecular weight is 354 g/mol. The van der Waals surface area contributed by atoms with Gasteiger partial charge in [-0.2, -0.15) is 11.8 Å². The molecular weight excluding hydrogens is 318 g/mol. The van der Waals surface area contributed by atoms with Gasteiger partial charge in [-0.05, 0) is 26.9 Å². The van der Waals surface area contributed by atoms with Crippen LogP contribution in [0.3, 0.4) is 0 Å². The summed E-state index contributed by atoms with van der Waals surface area (Å²) in [5.41, 5.74) is 0. The molecule has 1 atom stereocenters. The summed E-state index contributed by atoms with van der Waals surface area (Å²) in [6, 6.07) is 0.573. The zero-order valence-electron chi connectivity index (χ0n) is 15.8. The van der Waals surface area contributed by atoms with Gasteiger partial charge < -0.3 is 15.1 Å². The van der Waals surface area contributed by atoms with Gasteiger partial charge in [0.15, 0.2) is 5.96 Å². The number of rotatable bonds is 2. The van der Waals surface area contributed by atoms with Gasteiger partial charge in [0.05, 0.1) is 0 Å². The Morgan fingerprint density at radius 1 is 1.17 bits per heavy atom. The molecule has 0 aromatic carbocycles. The maximum absolute atomic E-state index is 4.61. The van der Waals surface area contributed by atoms with E-state index in [9.17, 15) is 0 Å². The van der Waals surface area contributed by atoms with E-state index in [1.807, 2.05) is 7.05 Å². The van der Waals surface area contributed by atoms with Crippen LogP contribution in [0.5, 0.6) is 0 Å². The predicted octanol–water partition coefficient (Wildman–Crippen LogP) is 1.56. The molecule has 5 nitrogen and oxygen atoms in total. The van der Waals surface area contributed by atoms with Gasteiger partial charge in [-0.1, -0.05) is 19.3 Å². The predicted molar refractivity (Wildman–Crippen MR) is 105 cm³/mol. The first-order valence-electron chi connectivity index (χ1n) is 9.60. The highest BCUT2D eigenvalue weighted by Crippen LogP contribution is 2.42. The van der Waals surface area contributed by atoms with Crippen molar-refractivity contribution in [1.82, 2.24) is 20.0 Å². The molecular formula is C18H35N5S. The molecule has 0 aromatic rings. The van der Waals surface area contributed by atoms with E-state index >= 15 is 0 Å². The van der Waals surface area contributed by atoms with Crippen molar-refractivity contribution in [3.05, 3.63) is 0 Å². The first-order valence-corrected chi connectivity index (χ1v) is 10.6. The van der Waals surface area contributed by atoms with Crippen LogP contribution >= 0.6 is 11.8 Å². The van der Waals surface area contributed by atoms with Crippen LogP contribution in [0.15, 0.2) is 4.99 Å². The Morgan fingerprint density at radius 2 is 1.96 bits per heavy atom. The van der Waals surface area contributed by atoms with E-state index in [1.165, 1.54) is 50.9 Å². The van der Waals surface area contributed by atoms with Crippen LogP contribution in [0.1, 0.15) is 32.1 Å². The van der Waals surface area contributed by atoms with Crippen LogP contribution in [0.2, 0.25) is 0 Å². The van der Waals surface area contributed by atoms with Crippen LogP contribution in [0, 0.1) is 0 Å². The van der Waals surface area contributed by atoms with Gasteiger partial charge in [-0.15, -0.1) is 0 Å². The van der Waals surface area contributed by atoms with E-state index in [0.29, 0.717) is 10.8 Å². The van der Waals surface area contributed by atoms with Gasteiger partial charge in [0.25, 0.3) is 0 Å². The Kier molecular flexibility index (Phi) is 6.33. The van der Waals surface area contributed by atoms with Crippen molar-refractivity contribution >= 4 is 17.7 Å². The summed E-state index contributed by atoms with van der Waals surface area (Å²) < 4.78 is 0.496. The zero-order chi connectivity index (χ0) is 17.0. The molecule has 138 valence electrons. The molecule has 6 heteroatoms. The molecule has 2 heterocycles.